The standard InChI is InChI=1S/C19H19Cl2NO3/c20-15-6-7-16(21)18(23)17(15)19(24)22-10-13-8-14(9-13)25-11-12-4-2-1-3-5-12/h1-7,13-14,23H,8-11H2,(H,22,24). The van der Waals surface area contributed by atoms with E-state index in [-0.39, 0.29) is 27.5 Å². The van der Waals surface area contributed by atoms with Gasteiger partial charge >= 0.3 is 0 Å². The van der Waals surface area contributed by atoms with E-state index in [2.05, 4.69) is 5.32 Å². The first-order valence-corrected chi connectivity index (χ1v) is 8.91. The molecule has 2 aromatic carbocycles. The van der Waals surface area contributed by atoms with Crippen LogP contribution in [0.1, 0.15) is 28.8 Å². The molecule has 2 N–H and O–H groups in total. The Labute approximate surface area is 156 Å². The van der Waals surface area contributed by atoms with Gasteiger partial charge in [0.25, 0.3) is 5.91 Å². The Morgan fingerprint density at radius 3 is 2.52 bits per heavy atom. The van der Waals surface area contributed by atoms with Gasteiger partial charge in [-0.25, -0.2) is 0 Å². The molecule has 0 spiro atoms. The summed E-state index contributed by atoms with van der Waals surface area (Å²) >= 11 is 11.8. The van der Waals surface area contributed by atoms with E-state index in [0.717, 1.165) is 18.4 Å². The van der Waals surface area contributed by atoms with Gasteiger partial charge < -0.3 is 15.2 Å². The smallest absolute Gasteiger partial charge is 0.256 e. The number of nitrogens with one attached hydrogen (secondary N) is 1. The quantitative estimate of drug-likeness (QED) is 0.780. The van der Waals surface area contributed by atoms with E-state index in [9.17, 15) is 9.90 Å². The van der Waals surface area contributed by atoms with Crippen LogP contribution in [0.5, 0.6) is 5.75 Å². The summed E-state index contributed by atoms with van der Waals surface area (Å²) in [5.74, 6) is -0.340. The molecule has 0 heterocycles. The van der Waals surface area contributed by atoms with Crippen LogP contribution in [0.4, 0.5) is 0 Å². The molecule has 0 aliphatic heterocycles. The molecule has 1 aliphatic carbocycles. The molecule has 0 unspecified atom stereocenters. The van der Waals surface area contributed by atoms with Crippen molar-refractivity contribution in [1.82, 2.24) is 5.32 Å². The van der Waals surface area contributed by atoms with Crippen LogP contribution in [0.2, 0.25) is 10.0 Å². The summed E-state index contributed by atoms with van der Waals surface area (Å²) in [6.07, 6.45) is 2.04. The van der Waals surface area contributed by atoms with Crippen molar-refractivity contribution < 1.29 is 14.6 Å². The molecule has 0 aromatic heterocycles. The van der Waals surface area contributed by atoms with Gasteiger partial charge in [0.1, 0.15) is 11.3 Å². The molecule has 1 saturated carbocycles. The average molecular weight is 380 g/mol. The lowest BCUT2D eigenvalue weighted by atomic mass is 9.82. The van der Waals surface area contributed by atoms with Crippen molar-refractivity contribution in [1.29, 1.82) is 0 Å². The van der Waals surface area contributed by atoms with Gasteiger partial charge in [0, 0.05) is 6.54 Å². The zero-order valence-corrected chi connectivity index (χ0v) is 15.1. The van der Waals surface area contributed by atoms with Crippen LogP contribution in [0.3, 0.4) is 0 Å². The third-order valence-electron chi connectivity index (χ3n) is 4.38. The van der Waals surface area contributed by atoms with Gasteiger partial charge in [0.15, 0.2) is 0 Å². The molecule has 1 aliphatic rings. The average Bonchev–Trinajstić information content (AvgIpc) is 2.57. The second-order valence-corrected chi connectivity index (χ2v) is 7.03. The first-order valence-electron chi connectivity index (χ1n) is 8.15. The summed E-state index contributed by atoms with van der Waals surface area (Å²) in [6.45, 7) is 1.13. The summed E-state index contributed by atoms with van der Waals surface area (Å²) in [6, 6.07) is 13.0. The van der Waals surface area contributed by atoms with Crippen molar-refractivity contribution in [3.05, 3.63) is 63.6 Å². The highest BCUT2D eigenvalue weighted by atomic mass is 35.5. The molecule has 0 atom stereocenters. The number of carbonyl (C=O) groups is 1. The Morgan fingerprint density at radius 2 is 1.80 bits per heavy atom. The highest BCUT2D eigenvalue weighted by Crippen LogP contribution is 2.33. The summed E-state index contributed by atoms with van der Waals surface area (Å²) < 4.78 is 5.85. The first-order chi connectivity index (χ1) is 12.0. The van der Waals surface area contributed by atoms with E-state index >= 15 is 0 Å². The van der Waals surface area contributed by atoms with Crippen molar-refractivity contribution in [3.63, 3.8) is 0 Å². The normalized spacial score (nSPS) is 19.3. The van der Waals surface area contributed by atoms with E-state index in [1.165, 1.54) is 12.1 Å². The van der Waals surface area contributed by atoms with Crippen molar-refractivity contribution in [2.45, 2.75) is 25.6 Å². The monoisotopic (exact) mass is 379 g/mol. The lowest BCUT2D eigenvalue weighted by Crippen LogP contribution is -2.39. The minimum absolute atomic E-state index is 0.0189. The molecular weight excluding hydrogens is 361 g/mol. The molecule has 0 radical (unpaired) electrons. The zero-order chi connectivity index (χ0) is 17.8. The van der Waals surface area contributed by atoms with Gasteiger partial charge in [-0.1, -0.05) is 53.5 Å². The maximum absolute atomic E-state index is 12.2. The molecule has 0 saturated heterocycles. The van der Waals surface area contributed by atoms with Crippen LogP contribution in [0.25, 0.3) is 0 Å². The van der Waals surface area contributed by atoms with Crippen LogP contribution in [-0.2, 0) is 11.3 Å². The van der Waals surface area contributed by atoms with Gasteiger partial charge in [0.05, 0.1) is 22.8 Å². The predicted molar refractivity (Wildman–Crippen MR) is 98.2 cm³/mol. The fraction of sp³-hybridized carbons (Fsp3) is 0.316. The molecular formula is C19H19Cl2NO3. The number of aromatic hydroxyl groups is 1. The summed E-state index contributed by atoms with van der Waals surface area (Å²) in [5.41, 5.74) is 1.18. The number of amides is 1. The molecule has 25 heavy (non-hydrogen) atoms. The molecule has 1 fully saturated rings. The lowest BCUT2D eigenvalue weighted by Gasteiger charge is -2.35. The minimum Gasteiger partial charge on any atom is -0.505 e. The number of ether oxygens (including phenoxy) is 1. The van der Waals surface area contributed by atoms with Crippen molar-refractivity contribution in [3.8, 4) is 5.75 Å². The van der Waals surface area contributed by atoms with E-state index in [0.29, 0.717) is 19.1 Å². The number of phenolic OH excluding ortho intramolecular Hbond substituents is 1. The molecule has 6 heteroatoms. The predicted octanol–water partition coefficient (Wildman–Crippen LogP) is 4.42. The molecule has 3 rings (SSSR count). The maximum atomic E-state index is 12.2. The molecule has 2 aromatic rings. The van der Waals surface area contributed by atoms with E-state index in [4.69, 9.17) is 27.9 Å². The number of carbonyl (C=O) groups excluding carboxylic acids is 1. The topological polar surface area (TPSA) is 58.6 Å². The molecule has 4 nitrogen and oxygen atoms in total. The van der Waals surface area contributed by atoms with Gasteiger partial charge in [-0.3, -0.25) is 4.79 Å². The van der Waals surface area contributed by atoms with Crippen LogP contribution in [-0.4, -0.2) is 23.7 Å². The minimum atomic E-state index is -0.418. The second-order valence-electron chi connectivity index (χ2n) is 6.22. The van der Waals surface area contributed by atoms with Crippen molar-refractivity contribution in [2.75, 3.05) is 6.54 Å². The summed E-state index contributed by atoms with van der Waals surface area (Å²) in [5, 5.41) is 13.0. The lowest BCUT2D eigenvalue weighted by molar-refractivity contribution is -0.0391. The maximum Gasteiger partial charge on any atom is 0.256 e. The van der Waals surface area contributed by atoms with Gasteiger partial charge in [-0.15, -0.1) is 0 Å². The van der Waals surface area contributed by atoms with Crippen LogP contribution in [0.15, 0.2) is 42.5 Å². The first kappa shape index (κ1) is 18.1. The fourth-order valence-corrected chi connectivity index (χ4v) is 3.24. The largest absolute Gasteiger partial charge is 0.505 e. The second kappa shape index (κ2) is 8.09. The molecule has 1 amide bonds. The number of rotatable bonds is 6. The summed E-state index contributed by atoms with van der Waals surface area (Å²) in [4.78, 5) is 12.2. The highest BCUT2D eigenvalue weighted by molar-refractivity contribution is 6.37. The Bertz CT molecular complexity index is 746. The molecule has 132 valence electrons. The highest BCUT2D eigenvalue weighted by Gasteiger charge is 2.30. The van der Waals surface area contributed by atoms with E-state index in [1.54, 1.807) is 0 Å². The SMILES string of the molecule is O=C(NCC1CC(OCc2ccccc2)C1)c1c(Cl)ccc(Cl)c1O. The third kappa shape index (κ3) is 4.46. The van der Waals surface area contributed by atoms with Crippen molar-refractivity contribution in [2.24, 2.45) is 5.92 Å². The number of halogens is 2. The van der Waals surface area contributed by atoms with E-state index in [1.807, 2.05) is 30.3 Å². The van der Waals surface area contributed by atoms with Crippen LogP contribution >= 0.6 is 23.2 Å². The van der Waals surface area contributed by atoms with Gasteiger partial charge in [-0.2, -0.15) is 0 Å². The fourth-order valence-electron chi connectivity index (χ4n) is 2.85. The van der Waals surface area contributed by atoms with E-state index < -0.39 is 5.91 Å². The number of hydrogen-bond donors (Lipinski definition) is 2. The van der Waals surface area contributed by atoms with Gasteiger partial charge in [0.2, 0.25) is 0 Å². The zero-order valence-electron chi connectivity index (χ0n) is 13.5. The van der Waals surface area contributed by atoms with Gasteiger partial charge in [-0.05, 0) is 36.5 Å². The van der Waals surface area contributed by atoms with Crippen LogP contribution < -0.4 is 5.32 Å². The third-order valence-corrected chi connectivity index (χ3v) is 5.00. The Balaban J connectivity index is 1.42. The number of hydrogen-bond acceptors (Lipinski definition) is 3. The Morgan fingerprint density at radius 1 is 1.12 bits per heavy atom. The molecule has 0 bridgehead atoms. The Hall–Kier alpha value is -1.75. The number of phenols is 1. The number of benzene rings is 2. The Kier molecular flexibility index (Phi) is 5.84. The summed E-state index contributed by atoms with van der Waals surface area (Å²) in [7, 11) is 0. The van der Waals surface area contributed by atoms with Crippen LogP contribution in [0, 0.1) is 5.92 Å². The van der Waals surface area contributed by atoms with Crippen molar-refractivity contribution >= 4 is 29.1 Å².